The zero-order chi connectivity index (χ0) is 13.9. The molecule has 1 rings (SSSR count). The number of nitrogens with zero attached hydrogens (tertiary/aromatic N) is 1. The molecule has 0 aromatic heterocycles. The average Bonchev–Trinajstić information content (AvgIpc) is 2.42. The Morgan fingerprint density at radius 3 is 2.26 bits per heavy atom. The smallest absolute Gasteiger partial charge is 0.0244 e. The Labute approximate surface area is 121 Å². The summed E-state index contributed by atoms with van der Waals surface area (Å²) >= 11 is 0. The highest BCUT2D eigenvalue weighted by atomic mass is 15.2. The lowest BCUT2D eigenvalue weighted by Gasteiger charge is -2.38. The van der Waals surface area contributed by atoms with E-state index in [0.717, 1.165) is 0 Å². The number of likely N-dealkylation sites (tertiary alicyclic amines) is 1. The molecule has 0 radical (unpaired) electrons. The molecule has 0 aromatic rings. The van der Waals surface area contributed by atoms with Crippen LogP contribution in [0.4, 0.5) is 0 Å². The maximum absolute atomic E-state index is 6.11. The highest BCUT2D eigenvalue weighted by Gasteiger charge is 2.24. The average molecular weight is 268 g/mol. The first kappa shape index (κ1) is 17.0. The van der Waals surface area contributed by atoms with Crippen molar-refractivity contribution < 1.29 is 0 Å². The van der Waals surface area contributed by atoms with E-state index in [9.17, 15) is 0 Å². The first-order valence-corrected chi connectivity index (χ1v) is 8.75. The molecule has 2 N–H and O–H groups in total. The summed E-state index contributed by atoms with van der Waals surface area (Å²) in [5.74, 6) is 0. The van der Waals surface area contributed by atoms with Crippen molar-refractivity contribution in [3.05, 3.63) is 0 Å². The summed E-state index contributed by atoms with van der Waals surface area (Å²) in [7, 11) is 0. The van der Waals surface area contributed by atoms with Crippen molar-refractivity contribution in [3.8, 4) is 0 Å². The maximum Gasteiger partial charge on any atom is 0.0244 e. The molecule has 2 nitrogen and oxygen atoms in total. The molecule has 1 heterocycles. The Balaban J connectivity index is 2.01. The number of hydrogen-bond donors (Lipinski definition) is 1. The standard InChI is InChI=1S/C17H36N2/c1-3-4-5-6-7-8-9-11-14-19-15-12-10-13-17(19)16(2)18/h16-17H,3-15,18H2,1-2H3. The van der Waals surface area contributed by atoms with E-state index in [2.05, 4.69) is 18.7 Å². The van der Waals surface area contributed by atoms with Crippen molar-refractivity contribution >= 4 is 0 Å². The number of rotatable bonds is 10. The van der Waals surface area contributed by atoms with Crippen molar-refractivity contribution in [2.75, 3.05) is 13.1 Å². The Kier molecular flexibility index (Phi) is 9.54. The molecule has 114 valence electrons. The normalized spacial score (nSPS) is 22.6. The number of nitrogens with two attached hydrogens (primary N) is 1. The lowest BCUT2D eigenvalue weighted by Crippen LogP contribution is -2.49. The first-order valence-electron chi connectivity index (χ1n) is 8.75. The van der Waals surface area contributed by atoms with Crippen LogP contribution in [0.1, 0.15) is 84.5 Å². The zero-order valence-corrected chi connectivity index (χ0v) is 13.4. The molecule has 1 aliphatic rings. The summed E-state index contributed by atoms with van der Waals surface area (Å²) in [6.07, 6.45) is 15.4. The van der Waals surface area contributed by atoms with Gasteiger partial charge < -0.3 is 5.73 Å². The minimum Gasteiger partial charge on any atom is -0.327 e. The van der Waals surface area contributed by atoms with Crippen LogP contribution in [0.25, 0.3) is 0 Å². The zero-order valence-electron chi connectivity index (χ0n) is 13.4. The number of hydrogen-bond acceptors (Lipinski definition) is 2. The fourth-order valence-electron chi connectivity index (χ4n) is 3.34. The molecule has 1 saturated heterocycles. The van der Waals surface area contributed by atoms with Crippen LogP contribution in [0.5, 0.6) is 0 Å². The van der Waals surface area contributed by atoms with Gasteiger partial charge in [0.25, 0.3) is 0 Å². The second-order valence-electron chi connectivity index (χ2n) is 6.43. The van der Waals surface area contributed by atoms with E-state index in [4.69, 9.17) is 5.73 Å². The molecule has 2 atom stereocenters. The van der Waals surface area contributed by atoms with Crippen LogP contribution < -0.4 is 5.73 Å². The fourth-order valence-corrected chi connectivity index (χ4v) is 3.34. The van der Waals surface area contributed by atoms with E-state index in [-0.39, 0.29) is 0 Å². The maximum atomic E-state index is 6.11. The summed E-state index contributed by atoms with van der Waals surface area (Å²) in [5.41, 5.74) is 6.11. The van der Waals surface area contributed by atoms with E-state index in [1.165, 1.54) is 83.7 Å². The molecule has 0 amide bonds. The van der Waals surface area contributed by atoms with Crippen LogP contribution in [0.15, 0.2) is 0 Å². The molecule has 0 aliphatic carbocycles. The van der Waals surface area contributed by atoms with Gasteiger partial charge in [-0.25, -0.2) is 0 Å². The van der Waals surface area contributed by atoms with Gasteiger partial charge in [0, 0.05) is 12.1 Å². The SMILES string of the molecule is CCCCCCCCCCN1CCCCC1C(C)N. The second-order valence-corrected chi connectivity index (χ2v) is 6.43. The van der Waals surface area contributed by atoms with Gasteiger partial charge in [-0.05, 0) is 39.3 Å². The Morgan fingerprint density at radius 1 is 1.00 bits per heavy atom. The van der Waals surface area contributed by atoms with Crippen LogP contribution >= 0.6 is 0 Å². The van der Waals surface area contributed by atoms with Gasteiger partial charge in [0.2, 0.25) is 0 Å². The molecule has 1 aliphatic heterocycles. The van der Waals surface area contributed by atoms with Gasteiger partial charge in [-0.1, -0.05) is 58.3 Å². The second kappa shape index (κ2) is 10.7. The highest BCUT2D eigenvalue weighted by molar-refractivity contribution is 4.82. The number of unbranched alkanes of at least 4 members (excludes halogenated alkanes) is 7. The molecule has 2 unspecified atom stereocenters. The summed E-state index contributed by atoms with van der Waals surface area (Å²) in [6, 6.07) is 0.993. The van der Waals surface area contributed by atoms with Gasteiger partial charge in [0.1, 0.15) is 0 Å². The quantitative estimate of drug-likeness (QED) is 0.598. The molecule has 0 spiro atoms. The summed E-state index contributed by atoms with van der Waals surface area (Å²) < 4.78 is 0. The lowest BCUT2D eigenvalue weighted by molar-refractivity contribution is 0.128. The van der Waals surface area contributed by atoms with Crippen molar-refractivity contribution in [1.82, 2.24) is 4.90 Å². The molecule has 1 fully saturated rings. The van der Waals surface area contributed by atoms with E-state index in [1.807, 2.05) is 0 Å². The summed E-state index contributed by atoms with van der Waals surface area (Å²) in [6.45, 7) is 7.02. The van der Waals surface area contributed by atoms with Crippen molar-refractivity contribution in [2.45, 2.75) is 96.6 Å². The van der Waals surface area contributed by atoms with Crippen LogP contribution in [-0.2, 0) is 0 Å². The van der Waals surface area contributed by atoms with Gasteiger partial charge in [-0.3, -0.25) is 4.90 Å². The molecular weight excluding hydrogens is 232 g/mol. The van der Waals surface area contributed by atoms with Gasteiger partial charge in [-0.2, -0.15) is 0 Å². The Hall–Kier alpha value is -0.0800. The van der Waals surface area contributed by atoms with Gasteiger partial charge >= 0.3 is 0 Å². The lowest BCUT2D eigenvalue weighted by atomic mass is 9.96. The van der Waals surface area contributed by atoms with Crippen molar-refractivity contribution in [2.24, 2.45) is 5.73 Å². The topological polar surface area (TPSA) is 29.3 Å². The molecule has 0 bridgehead atoms. The van der Waals surface area contributed by atoms with Crippen molar-refractivity contribution in [3.63, 3.8) is 0 Å². The Bertz CT molecular complexity index is 203. The molecule has 0 aromatic carbocycles. The predicted octanol–water partition coefficient (Wildman–Crippen LogP) is 4.33. The van der Waals surface area contributed by atoms with Gasteiger partial charge in [-0.15, -0.1) is 0 Å². The number of piperidine rings is 1. The van der Waals surface area contributed by atoms with Gasteiger partial charge in [0.05, 0.1) is 0 Å². The third-order valence-electron chi connectivity index (χ3n) is 4.57. The van der Waals surface area contributed by atoms with Crippen LogP contribution in [0, 0.1) is 0 Å². The van der Waals surface area contributed by atoms with E-state index in [0.29, 0.717) is 12.1 Å². The first-order chi connectivity index (χ1) is 9.25. The molecular formula is C17H36N2. The van der Waals surface area contributed by atoms with Crippen molar-refractivity contribution in [1.29, 1.82) is 0 Å². The molecule has 19 heavy (non-hydrogen) atoms. The van der Waals surface area contributed by atoms with Crippen LogP contribution in [0.3, 0.4) is 0 Å². The predicted molar refractivity (Wildman–Crippen MR) is 85.5 cm³/mol. The largest absolute Gasteiger partial charge is 0.327 e. The third kappa shape index (κ3) is 7.31. The molecule has 2 heteroatoms. The summed E-state index contributed by atoms with van der Waals surface area (Å²) in [5, 5.41) is 0. The van der Waals surface area contributed by atoms with E-state index in [1.54, 1.807) is 0 Å². The summed E-state index contributed by atoms with van der Waals surface area (Å²) in [4.78, 5) is 2.66. The molecule has 0 saturated carbocycles. The monoisotopic (exact) mass is 268 g/mol. The minimum absolute atomic E-state index is 0.342. The fraction of sp³-hybridized carbons (Fsp3) is 1.00. The van der Waals surface area contributed by atoms with Crippen LogP contribution in [0.2, 0.25) is 0 Å². The van der Waals surface area contributed by atoms with E-state index < -0.39 is 0 Å². The van der Waals surface area contributed by atoms with Gasteiger partial charge in [0.15, 0.2) is 0 Å². The van der Waals surface area contributed by atoms with Crippen LogP contribution in [-0.4, -0.2) is 30.1 Å². The highest BCUT2D eigenvalue weighted by Crippen LogP contribution is 2.20. The minimum atomic E-state index is 0.342. The third-order valence-corrected chi connectivity index (χ3v) is 4.57. The van der Waals surface area contributed by atoms with E-state index >= 15 is 0 Å². The Morgan fingerprint density at radius 2 is 1.63 bits per heavy atom.